The van der Waals surface area contributed by atoms with Gasteiger partial charge in [-0.05, 0) is 30.3 Å². The number of rotatable bonds is 5. The summed E-state index contributed by atoms with van der Waals surface area (Å²) in [6, 6.07) is 10.3. The van der Waals surface area contributed by atoms with Gasteiger partial charge in [-0.2, -0.15) is 0 Å². The summed E-state index contributed by atoms with van der Waals surface area (Å²) in [6.07, 6.45) is 1.88. The van der Waals surface area contributed by atoms with Gasteiger partial charge in [0.1, 0.15) is 0 Å². The summed E-state index contributed by atoms with van der Waals surface area (Å²) in [4.78, 5) is 4.45. The van der Waals surface area contributed by atoms with E-state index in [1.807, 2.05) is 24.4 Å². The van der Waals surface area contributed by atoms with Gasteiger partial charge in [0, 0.05) is 11.9 Å². The highest BCUT2D eigenvalue weighted by atomic mass is 28.4. The normalized spacial score (nSPS) is 12.6. The van der Waals surface area contributed by atoms with Crippen molar-refractivity contribution in [3.8, 4) is 0 Å². The summed E-state index contributed by atoms with van der Waals surface area (Å²) in [7, 11) is -1.64. The van der Waals surface area contributed by atoms with E-state index in [9.17, 15) is 0 Å². The van der Waals surface area contributed by atoms with Crippen molar-refractivity contribution in [1.82, 2.24) is 4.98 Å². The summed E-state index contributed by atoms with van der Waals surface area (Å²) in [5.74, 6) is 0. The fraction of sp³-hybridized carbons (Fsp3) is 0.471. The number of benzene rings is 1. The van der Waals surface area contributed by atoms with Gasteiger partial charge in [-0.15, -0.1) is 0 Å². The molecule has 4 heteroatoms. The lowest BCUT2D eigenvalue weighted by Crippen LogP contribution is -2.41. The smallest absolute Gasteiger partial charge is 0.192 e. The van der Waals surface area contributed by atoms with Crippen molar-refractivity contribution in [2.75, 3.05) is 18.5 Å². The van der Waals surface area contributed by atoms with Crippen molar-refractivity contribution in [2.24, 2.45) is 0 Å². The van der Waals surface area contributed by atoms with Crippen molar-refractivity contribution in [2.45, 2.75) is 38.9 Å². The van der Waals surface area contributed by atoms with Gasteiger partial charge in [-0.3, -0.25) is 4.98 Å². The van der Waals surface area contributed by atoms with Crippen LogP contribution >= 0.6 is 0 Å². The Morgan fingerprint density at radius 2 is 1.90 bits per heavy atom. The molecule has 0 radical (unpaired) electrons. The maximum Gasteiger partial charge on any atom is 0.192 e. The molecular weight excluding hydrogens is 276 g/mol. The lowest BCUT2D eigenvalue weighted by molar-refractivity contribution is 0.301. The molecule has 21 heavy (non-hydrogen) atoms. The largest absolute Gasteiger partial charge is 0.415 e. The van der Waals surface area contributed by atoms with Crippen LogP contribution in [0.2, 0.25) is 18.1 Å². The minimum Gasteiger partial charge on any atom is -0.415 e. The molecule has 3 nitrogen and oxygen atoms in total. The highest BCUT2D eigenvalue weighted by Crippen LogP contribution is 2.36. The van der Waals surface area contributed by atoms with Crippen molar-refractivity contribution in [1.29, 1.82) is 0 Å². The predicted octanol–water partition coefficient (Wildman–Crippen LogP) is 4.67. The third-order valence-electron chi connectivity index (χ3n) is 4.29. The molecule has 0 amide bonds. The van der Waals surface area contributed by atoms with Crippen LogP contribution in [0.5, 0.6) is 0 Å². The first-order valence-corrected chi connectivity index (χ1v) is 10.4. The number of nitrogens with one attached hydrogen (secondary N) is 1. The first-order valence-electron chi connectivity index (χ1n) is 7.52. The lowest BCUT2D eigenvalue weighted by atomic mass is 10.2. The minimum absolute atomic E-state index is 0.261. The number of anilines is 1. The molecule has 0 aliphatic rings. The standard InChI is InChI=1S/C17H26N2OSi/c1-17(2,3)21(4,5)20-11-10-18-15-12-14-8-6-7-9-16(14)19-13-15/h6-9,12-13,18H,10-11H2,1-5H3. The summed E-state index contributed by atoms with van der Waals surface area (Å²) in [5.41, 5.74) is 2.08. The Hall–Kier alpha value is -1.39. The first kappa shape index (κ1) is 16.0. The maximum absolute atomic E-state index is 6.16. The number of aromatic nitrogens is 1. The Kier molecular flexibility index (Phi) is 4.69. The monoisotopic (exact) mass is 302 g/mol. The molecule has 0 atom stereocenters. The fourth-order valence-electron chi connectivity index (χ4n) is 1.89. The molecule has 2 rings (SSSR count). The van der Waals surface area contributed by atoms with Crippen LogP contribution in [0.3, 0.4) is 0 Å². The zero-order valence-corrected chi connectivity index (χ0v) is 14.7. The van der Waals surface area contributed by atoms with E-state index in [2.05, 4.69) is 56.3 Å². The molecule has 0 spiro atoms. The highest BCUT2D eigenvalue weighted by molar-refractivity contribution is 6.74. The lowest BCUT2D eigenvalue weighted by Gasteiger charge is -2.36. The van der Waals surface area contributed by atoms with Crippen LogP contribution in [0, 0.1) is 0 Å². The highest BCUT2D eigenvalue weighted by Gasteiger charge is 2.36. The van der Waals surface area contributed by atoms with E-state index < -0.39 is 8.32 Å². The summed E-state index contributed by atoms with van der Waals surface area (Å²) < 4.78 is 6.16. The van der Waals surface area contributed by atoms with Crippen LogP contribution in [0.1, 0.15) is 20.8 Å². The van der Waals surface area contributed by atoms with Crippen LogP contribution < -0.4 is 5.32 Å². The SMILES string of the molecule is CC(C)(C)[Si](C)(C)OCCNc1cnc2ccccc2c1. The van der Waals surface area contributed by atoms with Gasteiger partial charge in [0.2, 0.25) is 0 Å². The molecular formula is C17H26N2OSi. The molecule has 114 valence electrons. The van der Waals surface area contributed by atoms with Crippen LogP contribution in [0.4, 0.5) is 5.69 Å². The number of fused-ring (bicyclic) bond motifs is 1. The third kappa shape index (κ3) is 4.05. The van der Waals surface area contributed by atoms with Gasteiger partial charge in [-0.1, -0.05) is 39.0 Å². The molecule has 0 aliphatic heterocycles. The zero-order valence-electron chi connectivity index (χ0n) is 13.7. The van der Waals surface area contributed by atoms with Crippen LogP contribution in [0.15, 0.2) is 36.5 Å². The quantitative estimate of drug-likeness (QED) is 0.644. The second-order valence-corrected chi connectivity index (χ2v) is 11.8. The Morgan fingerprint density at radius 3 is 2.62 bits per heavy atom. The summed E-state index contributed by atoms with van der Waals surface area (Å²) in [5, 5.41) is 4.82. The average Bonchev–Trinajstić information content (AvgIpc) is 2.42. The van der Waals surface area contributed by atoms with Gasteiger partial charge < -0.3 is 9.74 Å². The second-order valence-electron chi connectivity index (χ2n) is 6.95. The summed E-state index contributed by atoms with van der Waals surface area (Å²) >= 11 is 0. The average molecular weight is 302 g/mol. The topological polar surface area (TPSA) is 34.1 Å². The van der Waals surface area contributed by atoms with Crippen molar-refractivity contribution >= 4 is 24.9 Å². The minimum atomic E-state index is -1.64. The van der Waals surface area contributed by atoms with Gasteiger partial charge in [0.25, 0.3) is 0 Å². The molecule has 0 aliphatic carbocycles. The van der Waals surface area contributed by atoms with E-state index in [4.69, 9.17) is 4.43 Å². The van der Waals surface area contributed by atoms with Gasteiger partial charge >= 0.3 is 0 Å². The van der Waals surface area contributed by atoms with E-state index in [1.165, 1.54) is 0 Å². The Balaban J connectivity index is 1.88. The molecule has 0 saturated heterocycles. The molecule has 0 saturated carbocycles. The van der Waals surface area contributed by atoms with E-state index in [0.29, 0.717) is 0 Å². The van der Waals surface area contributed by atoms with E-state index in [0.717, 1.165) is 29.7 Å². The fourth-order valence-corrected chi connectivity index (χ4v) is 2.93. The van der Waals surface area contributed by atoms with E-state index in [1.54, 1.807) is 0 Å². The molecule has 1 aromatic heterocycles. The number of para-hydroxylation sites is 1. The number of nitrogens with zero attached hydrogens (tertiary/aromatic N) is 1. The third-order valence-corrected chi connectivity index (χ3v) is 8.83. The Labute approximate surface area is 128 Å². The maximum atomic E-state index is 6.16. The molecule has 0 bridgehead atoms. The van der Waals surface area contributed by atoms with E-state index >= 15 is 0 Å². The summed E-state index contributed by atoms with van der Waals surface area (Å²) in [6.45, 7) is 12.9. The van der Waals surface area contributed by atoms with Crippen molar-refractivity contribution in [3.63, 3.8) is 0 Å². The molecule has 1 aromatic carbocycles. The Morgan fingerprint density at radius 1 is 1.19 bits per heavy atom. The number of hydrogen-bond donors (Lipinski definition) is 1. The van der Waals surface area contributed by atoms with Gasteiger partial charge in [0.15, 0.2) is 8.32 Å². The van der Waals surface area contributed by atoms with Crippen molar-refractivity contribution < 1.29 is 4.43 Å². The van der Waals surface area contributed by atoms with Gasteiger partial charge in [-0.25, -0.2) is 0 Å². The molecule has 0 fully saturated rings. The second kappa shape index (κ2) is 6.16. The Bertz CT molecular complexity index is 605. The van der Waals surface area contributed by atoms with Crippen molar-refractivity contribution in [3.05, 3.63) is 36.5 Å². The molecule has 1 heterocycles. The van der Waals surface area contributed by atoms with Crippen LogP contribution in [-0.4, -0.2) is 26.5 Å². The van der Waals surface area contributed by atoms with E-state index in [-0.39, 0.29) is 5.04 Å². The first-order chi connectivity index (χ1) is 9.79. The zero-order chi connectivity index (χ0) is 15.5. The molecule has 0 unspecified atom stereocenters. The molecule has 1 N–H and O–H groups in total. The predicted molar refractivity (Wildman–Crippen MR) is 93.4 cm³/mol. The van der Waals surface area contributed by atoms with Crippen LogP contribution in [-0.2, 0) is 4.43 Å². The molecule has 2 aromatic rings. The number of hydrogen-bond acceptors (Lipinski definition) is 3. The van der Waals surface area contributed by atoms with Crippen LogP contribution in [0.25, 0.3) is 10.9 Å². The number of pyridine rings is 1. The van der Waals surface area contributed by atoms with Gasteiger partial charge in [0.05, 0.1) is 24.0 Å².